The molecule has 24 heavy (non-hydrogen) atoms. The first-order chi connectivity index (χ1) is 11.3. The van der Waals surface area contributed by atoms with E-state index >= 15 is 0 Å². The van der Waals surface area contributed by atoms with Gasteiger partial charge in [-0.05, 0) is 58.3 Å². The topological polar surface area (TPSA) is 91.5 Å². The number of likely N-dealkylation sites (N-methyl/N-ethyl adjacent to an activating group) is 1. The van der Waals surface area contributed by atoms with Crippen LogP contribution >= 0.6 is 0 Å². The van der Waals surface area contributed by atoms with Gasteiger partial charge in [0.1, 0.15) is 5.69 Å². The molecule has 0 atom stereocenters. The maximum Gasteiger partial charge on any atom is 0.355 e. The fourth-order valence-electron chi connectivity index (χ4n) is 2.48. The molecule has 1 aromatic heterocycles. The zero-order chi connectivity index (χ0) is 17.9. The number of sulfonamides is 1. The van der Waals surface area contributed by atoms with Crippen LogP contribution in [0.2, 0.25) is 0 Å². The van der Waals surface area contributed by atoms with Crippen molar-refractivity contribution in [2.75, 3.05) is 34.3 Å². The summed E-state index contributed by atoms with van der Waals surface area (Å²) in [7, 11) is 1.70. The Morgan fingerprint density at radius 2 is 2.04 bits per heavy atom. The van der Waals surface area contributed by atoms with Crippen molar-refractivity contribution in [2.24, 2.45) is 0 Å². The van der Waals surface area contributed by atoms with Crippen molar-refractivity contribution in [1.82, 2.24) is 14.6 Å². The Kier molecular flexibility index (Phi) is 5.63. The standard InChI is InChI=1S/C16H23N3O4S/c1-5-23-16(20)15-12(8-9-19(3)4)13-10-11(24(21,22)17-2)6-7-14(13)18-15/h6-7,10,17-18H,5,8-9H2,1-4H3. The smallest absolute Gasteiger partial charge is 0.355 e. The molecule has 0 saturated heterocycles. The highest BCUT2D eigenvalue weighted by atomic mass is 32.2. The Bertz CT molecular complexity index is 840. The Morgan fingerprint density at radius 3 is 2.62 bits per heavy atom. The molecule has 1 heterocycles. The van der Waals surface area contributed by atoms with Crippen molar-refractivity contribution in [2.45, 2.75) is 18.2 Å². The van der Waals surface area contributed by atoms with Gasteiger partial charge in [-0.2, -0.15) is 0 Å². The molecule has 7 nitrogen and oxygen atoms in total. The third-order valence-electron chi connectivity index (χ3n) is 3.75. The minimum Gasteiger partial charge on any atom is -0.461 e. The fourth-order valence-corrected chi connectivity index (χ4v) is 3.24. The van der Waals surface area contributed by atoms with Crippen molar-refractivity contribution >= 4 is 26.9 Å². The SMILES string of the molecule is CCOC(=O)c1[nH]c2ccc(S(=O)(=O)NC)cc2c1CCN(C)C. The molecule has 0 bridgehead atoms. The van der Waals surface area contributed by atoms with Crippen LogP contribution in [0.4, 0.5) is 0 Å². The largest absolute Gasteiger partial charge is 0.461 e. The van der Waals surface area contributed by atoms with Gasteiger partial charge in [0.25, 0.3) is 0 Å². The molecular formula is C16H23N3O4S. The third-order valence-corrected chi connectivity index (χ3v) is 5.16. The van der Waals surface area contributed by atoms with E-state index in [2.05, 4.69) is 9.71 Å². The molecule has 1 aromatic carbocycles. The Labute approximate surface area is 142 Å². The van der Waals surface area contributed by atoms with Crippen molar-refractivity contribution in [1.29, 1.82) is 0 Å². The van der Waals surface area contributed by atoms with Crippen LogP contribution in [-0.2, 0) is 21.2 Å². The molecule has 0 amide bonds. The lowest BCUT2D eigenvalue weighted by atomic mass is 10.1. The molecule has 0 fully saturated rings. The number of nitrogens with one attached hydrogen (secondary N) is 2. The number of H-pyrrole nitrogens is 1. The van der Waals surface area contributed by atoms with Crippen LogP contribution in [0.25, 0.3) is 10.9 Å². The van der Waals surface area contributed by atoms with Crippen molar-refractivity contribution in [3.8, 4) is 0 Å². The van der Waals surface area contributed by atoms with E-state index in [1.54, 1.807) is 19.1 Å². The Balaban J connectivity index is 2.61. The van der Waals surface area contributed by atoms with E-state index in [0.29, 0.717) is 17.6 Å². The van der Waals surface area contributed by atoms with Gasteiger partial charge < -0.3 is 14.6 Å². The summed E-state index contributed by atoms with van der Waals surface area (Å²) < 4.78 is 31.5. The molecule has 2 rings (SSSR count). The summed E-state index contributed by atoms with van der Waals surface area (Å²) in [6.45, 7) is 2.75. The van der Waals surface area contributed by atoms with Crippen molar-refractivity contribution in [3.05, 3.63) is 29.5 Å². The monoisotopic (exact) mass is 353 g/mol. The summed E-state index contributed by atoms with van der Waals surface area (Å²) in [5, 5.41) is 0.719. The summed E-state index contributed by atoms with van der Waals surface area (Å²) >= 11 is 0. The average Bonchev–Trinajstić information content (AvgIpc) is 2.91. The summed E-state index contributed by atoms with van der Waals surface area (Å²) in [4.78, 5) is 17.4. The number of nitrogens with zero attached hydrogens (tertiary/aromatic N) is 1. The van der Waals surface area contributed by atoms with E-state index in [0.717, 1.165) is 17.5 Å². The fraction of sp³-hybridized carbons (Fsp3) is 0.438. The minimum atomic E-state index is -3.55. The predicted octanol–water partition coefficient (Wildman–Crippen LogP) is 1.36. The average molecular weight is 353 g/mol. The maximum atomic E-state index is 12.2. The highest BCUT2D eigenvalue weighted by molar-refractivity contribution is 7.89. The zero-order valence-corrected chi connectivity index (χ0v) is 15.2. The second-order valence-corrected chi connectivity index (χ2v) is 7.55. The van der Waals surface area contributed by atoms with Crippen LogP contribution in [0, 0.1) is 0 Å². The molecule has 0 aliphatic carbocycles. The number of hydrogen-bond acceptors (Lipinski definition) is 5. The number of aromatic nitrogens is 1. The third kappa shape index (κ3) is 3.77. The van der Waals surface area contributed by atoms with Crippen LogP contribution < -0.4 is 4.72 Å². The summed E-state index contributed by atoms with van der Waals surface area (Å²) in [6.07, 6.45) is 0.601. The van der Waals surface area contributed by atoms with Gasteiger partial charge in [0.15, 0.2) is 0 Å². The summed E-state index contributed by atoms with van der Waals surface area (Å²) in [6, 6.07) is 4.77. The first kappa shape index (κ1) is 18.4. The molecule has 0 unspecified atom stereocenters. The Hall–Kier alpha value is -1.90. The van der Waals surface area contributed by atoms with Crippen LogP contribution in [0.15, 0.2) is 23.1 Å². The number of ether oxygens (including phenoxy) is 1. The number of aromatic amines is 1. The molecule has 0 saturated carbocycles. The summed E-state index contributed by atoms with van der Waals surface area (Å²) in [5.41, 5.74) is 1.86. The second-order valence-electron chi connectivity index (χ2n) is 5.67. The predicted molar refractivity (Wildman–Crippen MR) is 92.8 cm³/mol. The Morgan fingerprint density at radius 1 is 1.33 bits per heavy atom. The van der Waals surface area contributed by atoms with E-state index < -0.39 is 16.0 Å². The van der Waals surface area contributed by atoms with E-state index in [-0.39, 0.29) is 11.5 Å². The molecule has 2 aromatic rings. The molecule has 132 valence electrons. The lowest BCUT2D eigenvalue weighted by Crippen LogP contribution is -2.18. The molecule has 0 spiro atoms. The van der Waals surface area contributed by atoms with Crippen LogP contribution in [0.3, 0.4) is 0 Å². The highest BCUT2D eigenvalue weighted by Gasteiger charge is 2.21. The number of benzene rings is 1. The normalized spacial score (nSPS) is 12.0. The van der Waals surface area contributed by atoms with Crippen LogP contribution in [0.1, 0.15) is 23.0 Å². The van der Waals surface area contributed by atoms with Gasteiger partial charge >= 0.3 is 5.97 Å². The van der Waals surface area contributed by atoms with Gasteiger partial charge in [-0.25, -0.2) is 17.9 Å². The van der Waals surface area contributed by atoms with Crippen LogP contribution in [0.5, 0.6) is 0 Å². The lowest BCUT2D eigenvalue weighted by molar-refractivity contribution is 0.0519. The van der Waals surface area contributed by atoms with Gasteiger partial charge in [0, 0.05) is 17.4 Å². The molecule has 8 heteroatoms. The van der Waals surface area contributed by atoms with E-state index in [9.17, 15) is 13.2 Å². The van der Waals surface area contributed by atoms with Crippen LogP contribution in [-0.4, -0.2) is 58.6 Å². The van der Waals surface area contributed by atoms with Gasteiger partial charge in [0.2, 0.25) is 10.0 Å². The number of fused-ring (bicyclic) bond motifs is 1. The first-order valence-corrected chi connectivity index (χ1v) is 9.18. The number of esters is 1. The number of hydrogen-bond donors (Lipinski definition) is 2. The van der Waals surface area contributed by atoms with E-state index in [4.69, 9.17) is 4.74 Å². The molecule has 0 radical (unpaired) electrons. The zero-order valence-electron chi connectivity index (χ0n) is 14.3. The first-order valence-electron chi connectivity index (χ1n) is 7.70. The molecule has 2 N–H and O–H groups in total. The second kappa shape index (κ2) is 7.33. The summed E-state index contributed by atoms with van der Waals surface area (Å²) in [5.74, 6) is -0.430. The molecule has 0 aliphatic rings. The number of carbonyl (C=O) groups excluding carboxylic acids is 1. The highest BCUT2D eigenvalue weighted by Crippen LogP contribution is 2.26. The number of rotatable bonds is 7. The van der Waals surface area contributed by atoms with Crippen molar-refractivity contribution in [3.63, 3.8) is 0 Å². The maximum absolute atomic E-state index is 12.2. The lowest BCUT2D eigenvalue weighted by Gasteiger charge is -2.10. The minimum absolute atomic E-state index is 0.165. The van der Waals surface area contributed by atoms with E-state index in [1.165, 1.54) is 13.1 Å². The quantitative estimate of drug-likeness (QED) is 0.733. The molecule has 0 aliphatic heterocycles. The van der Waals surface area contributed by atoms with Gasteiger partial charge in [-0.3, -0.25) is 0 Å². The van der Waals surface area contributed by atoms with E-state index in [1.807, 2.05) is 19.0 Å². The van der Waals surface area contributed by atoms with Gasteiger partial charge in [-0.15, -0.1) is 0 Å². The molecular weight excluding hydrogens is 330 g/mol. The number of carbonyl (C=O) groups is 1. The van der Waals surface area contributed by atoms with Crippen molar-refractivity contribution < 1.29 is 17.9 Å². The van der Waals surface area contributed by atoms with Gasteiger partial charge in [-0.1, -0.05) is 0 Å². The van der Waals surface area contributed by atoms with Gasteiger partial charge in [0.05, 0.1) is 11.5 Å².